The van der Waals surface area contributed by atoms with E-state index in [0.717, 1.165) is 63.4 Å². The number of aromatic nitrogens is 1. The van der Waals surface area contributed by atoms with Gasteiger partial charge in [0, 0.05) is 60.6 Å². The van der Waals surface area contributed by atoms with Crippen LogP contribution in [0.2, 0.25) is 10.0 Å². The molecule has 2 atom stereocenters. The average Bonchev–Trinajstić information content (AvgIpc) is 2.87. The highest BCUT2D eigenvalue weighted by Crippen LogP contribution is 2.32. The smallest absolute Gasteiger partial charge is 0.147 e. The largest absolute Gasteiger partial charge is 0.353 e. The van der Waals surface area contributed by atoms with Crippen LogP contribution in [0, 0.1) is 10.7 Å². The number of piperidine rings is 1. The number of rotatable bonds is 8. The first kappa shape index (κ1) is 26.3. The van der Waals surface area contributed by atoms with Gasteiger partial charge < -0.3 is 4.90 Å². The Morgan fingerprint density at radius 1 is 1.14 bits per heavy atom. The molecule has 9 heteroatoms. The quantitative estimate of drug-likeness (QED) is 0.381. The molecule has 6 nitrogen and oxygen atoms in total. The number of nitroso groups, excluding NO2 is 1. The Morgan fingerprint density at radius 2 is 1.91 bits per heavy atom. The highest BCUT2D eigenvalue weighted by molar-refractivity contribution is 6.33. The van der Waals surface area contributed by atoms with E-state index >= 15 is 0 Å². The van der Waals surface area contributed by atoms with Gasteiger partial charge in [-0.25, -0.2) is 9.37 Å². The van der Waals surface area contributed by atoms with Gasteiger partial charge >= 0.3 is 0 Å². The van der Waals surface area contributed by atoms with Gasteiger partial charge in [-0.3, -0.25) is 9.80 Å². The molecule has 0 saturated carbocycles. The summed E-state index contributed by atoms with van der Waals surface area (Å²) < 4.78 is 14.2. The summed E-state index contributed by atoms with van der Waals surface area (Å²) in [6, 6.07) is 7.33. The molecule has 2 aliphatic heterocycles. The first-order chi connectivity index (χ1) is 16.9. The van der Waals surface area contributed by atoms with Gasteiger partial charge in [-0.2, -0.15) is 4.91 Å². The van der Waals surface area contributed by atoms with Crippen molar-refractivity contribution in [1.82, 2.24) is 14.8 Å². The maximum atomic E-state index is 14.2. The molecule has 0 aliphatic carbocycles. The van der Waals surface area contributed by atoms with E-state index in [1.807, 2.05) is 13.0 Å². The Labute approximate surface area is 217 Å². The third-order valence-corrected chi connectivity index (χ3v) is 7.99. The van der Waals surface area contributed by atoms with E-state index in [4.69, 9.17) is 23.2 Å². The van der Waals surface area contributed by atoms with Gasteiger partial charge in [-0.15, -0.1) is 0 Å². The van der Waals surface area contributed by atoms with Crippen molar-refractivity contribution in [1.29, 1.82) is 0 Å². The van der Waals surface area contributed by atoms with E-state index in [1.54, 1.807) is 18.3 Å². The van der Waals surface area contributed by atoms with Crippen LogP contribution in [0.4, 0.5) is 10.2 Å². The predicted molar refractivity (Wildman–Crippen MR) is 141 cm³/mol. The Balaban J connectivity index is 1.35. The molecule has 2 aliphatic rings. The summed E-state index contributed by atoms with van der Waals surface area (Å²) in [5.74, 6) is 0.559. The average molecular weight is 522 g/mol. The van der Waals surface area contributed by atoms with E-state index in [2.05, 4.69) is 31.8 Å². The van der Waals surface area contributed by atoms with Gasteiger partial charge in [-0.1, -0.05) is 48.3 Å². The summed E-state index contributed by atoms with van der Waals surface area (Å²) in [7, 11) is 0. The van der Waals surface area contributed by atoms with Crippen LogP contribution in [0.1, 0.15) is 56.7 Å². The van der Waals surface area contributed by atoms with E-state index in [1.165, 1.54) is 6.07 Å². The molecule has 0 radical (unpaired) electrons. The second-order valence-electron chi connectivity index (χ2n) is 9.59. The van der Waals surface area contributed by atoms with Crippen molar-refractivity contribution in [2.45, 2.75) is 64.2 Å². The summed E-state index contributed by atoms with van der Waals surface area (Å²) in [6.45, 7) is 9.41. The van der Waals surface area contributed by atoms with Crippen molar-refractivity contribution in [3.05, 3.63) is 62.4 Å². The summed E-state index contributed by atoms with van der Waals surface area (Å²) in [5, 5.41) is 4.20. The lowest BCUT2D eigenvalue weighted by Crippen LogP contribution is -2.58. The van der Waals surface area contributed by atoms with Crippen LogP contribution in [0.15, 0.2) is 35.6 Å². The molecule has 3 heterocycles. The van der Waals surface area contributed by atoms with Crippen LogP contribution in [0.5, 0.6) is 0 Å². The van der Waals surface area contributed by atoms with E-state index in [0.29, 0.717) is 40.7 Å². The van der Waals surface area contributed by atoms with Crippen molar-refractivity contribution in [2.75, 3.05) is 37.6 Å². The van der Waals surface area contributed by atoms with E-state index in [-0.39, 0.29) is 5.82 Å². The number of hydrogen-bond donors (Lipinski definition) is 0. The maximum absolute atomic E-state index is 14.2. The molecular formula is C26H34Cl2FN5O. The first-order valence-corrected chi connectivity index (χ1v) is 13.3. The normalized spacial score (nSPS) is 21.3. The minimum absolute atomic E-state index is 0.227. The summed E-state index contributed by atoms with van der Waals surface area (Å²) in [4.78, 5) is 23.0. The number of hydrogen-bond acceptors (Lipinski definition) is 6. The number of nitrogens with zero attached hydrogens (tertiary/aromatic N) is 5. The highest BCUT2D eigenvalue weighted by Gasteiger charge is 2.34. The number of anilines is 1. The zero-order valence-corrected chi connectivity index (χ0v) is 22.0. The molecule has 0 N–H and O–H groups in total. The van der Waals surface area contributed by atoms with Crippen molar-refractivity contribution in [2.24, 2.45) is 5.18 Å². The number of pyridine rings is 1. The molecule has 2 aromatic rings. The minimum atomic E-state index is -0.406. The van der Waals surface area contributed by atoms with Crippen LogP contribution in [0.3, 0.4) is 0 Å². The van der Waals surface area contributed by atoms with Crippen LogP contribution in [-0.2, 0) is 6.54 Å². The van der Waals surface area contributed by atoms with Gasteiger partial charge in [0.1, 0.15) is 17.7 Å². The lowest BCUT2D eigenvalue weighted by Gasteiger charge is -2.47. The van der Waals surface area contributed by atoms with Crippen molar-refractivity contribution in [3.8, 4) is 0 Å². The summed E-state index contributed by atoms with van der Waals surface area (Å²) in [6.07, 6.45) is 5.58. The van der Waals surface area contributed by atoms with Crippen molar-refractivity contribution in [3.63, 3.8) is 0 Å². The van der Waals surface area contributed by atoms with Gasteiger partial charge in [0.15, 0.2) is 0 Å². The fourth-order valence-electron chi connectivity index (χ4n) is 5.44. The Morgan fingerprint density at radius 3 is 2.54 bits per heavy atom. The zero-order valence-electron chi connectivity index (χ0n) is 20.5. The van der Waals surface area contributed by atoms with Crippen LogP contribution in [0.25, 0.3) is 0 Å². The van der Waals surface area contributed by atoms with Crippen LogP contribution < -0.4 is 4.90 Å². The SMILES string of the molecule is CCC(N=O)c1cnc(N2CCN(C3CCN(Cc4ccc(Cl)cc4F)CC3)[C@@H](CC)C2)c(Cl)c1. The summed E-state index contributed by atoms with van der Waals surface area (Å²) >= 11 is 12.5. The van der Waals surface area contributed by atoms with Crippen molar-refractivity contribution >= 4 is 29.0 Å². The monoisotopic (exact) mass is 521 g/mol. The zero-order chi connectivity index (χ0) is 24.9. The second kappa shape index (κ2) is 12.0. The predicted octanol–water partition coefficient (Wildman–Crippen LogP) is 6.31. The Bertz CT molecular complexity index is 1020. The molecule has 190 valence electrons. The molecule has 1 unspecified atom stereocenters. The fourth-order valence-corrected chi connectivity index (χ4v) is 5.89. The molecule has 35 heavy (non-hydrogen) atoms. The van der Waals surface area contributed by atoms with E-state index < -0.39 is 6.04 Å². The molecule has 4 rings (SSSR count). The summed E-state index contributed by atoms with van der Waals surface area (Å²) in [5.41, 5.74) is 1.48. The third kappa shape index (κ3) is 6.13. The van der Waals surface area contributed by atoms with Gasteiger partial charge in [0.05, 0.1) is 5.02 Å². The molecule has 0 bridgehead atoms. The van der Waals surface area contributed by atoms with Crippen LogP contribution >= 0.6 is 23.2 Å². The van der Waals surface area contributed by atoms with E-state index in [9.17, 15) is 9.30 Å². The number of benzene rings is 1. The maximum Gasteiger partial charge on any atom is 0.147 e. The first-order valence-electron chi connectivity index (χ1n) is 12.6. The Hall–Kier alpha value is -1.80. The molecule has 0 spiro atoms. The number of likely N-dealkylation sites (tertiary alicyclic amines) is 1. The third-order valence-electron chi connectivity index (χ3n) is 7.48. The number of halogens is 3. The lowest BCUT2D eigenvalue weighted by molar-refractivity contribution is 0.0607. The highest BCUT2D eigenvalue weighted by atomic mass is 35.5. The standard InChI is InChI=1S/C26H34Cl2FN5O/c1-3-21-17-33(26-23(28)13-19(15-30-26)25(4-2)31-35)11-12-34(21)22-7-9-32(10-8-22)16-18-5-6-20(27)14-24(18)29/h5-6,13-15,21-22,25H,3-4,7-12,16-17H2,1-2H3/t21-,25?/m0/s1. The van der Waals surface area contributed by atoms with Gasteiger partial charge in [0.2, 0.25) is 0 Å². The number of piperazine rings is 1. The second-order valence-corrected chi connectivity index (χ2v) is 10.4. The van der Waals surface area contributed by atoms with Crippen LogP contribution in [-0.4, -0.2) is 59.6 Å². The molecule has 1 aromatic carbocycles. The molecule has 0 amide bonds. The fraction of sp³-hybridized carbons (Fsp3) is 0.577. The molecule has 2 saturated heterocycles. The van der Waals surface area contributed by atoms with Gasteiger partial charge in [0.25, 0.3) is 0 Å². The molecule has 1 aromatic heterocycles. The van der Waals surface area contributed by atoms with Crippen molar-refractivity contribution < 1.29 is 4.39 Å². The lowest BCUT2D eigenvalue weighted by atomic mass is 9.97. The Kier molecular flexibility index (Phi) is 8.97. The minimum Gasteiger partial charge on any atom is -0.353 e. The molecular weight excluding hydrogens is 488 g/mol. The van der Waals surface area contributed by atoms with Gasteiger partial charge in [-0.05, 0) is 57.0 Å². The molecule has 2 fully saturated rings. The topological polar surface area (TPSA) is 52.0 Å².